The van der Waals surface area contributed by atoms with Gasteiger partial charge in [0.2, 0.25) is 0 Å². The normalized spacial score (nSPS) is 16.4. The second-order valence-electron chi connectivity index (χ2n) is 6.96. The van der Waals surface area contributed by atoms with Crippen LogP contribution in [0.5, 0.6) is 0 Å². The van der Waals surface area contributed by atoms with Gasteiger partial charge in [-0.15, -0.1) is 0 Å². The van der Waals surface area contributed by atoms with Gasteiger partial charge in [-0.2, -0.15) is 0 Å². The summed E-state index contributed by atoms with van der Waals surface area (Å²) in [5.74, 6) is 0.375. The van der Waals surface area contributed by atoms with E-state index in [9.17, 15) is 4.79 Å². The van der Waals surface area contributed by atoms with Crippen molar-refractivity contribution in [2.24, 2.45) is 0 Å². The Bertz CT molecular complexity index is 762. The molecule has 0 bridgehead atoms. The van der Waals surface area contributed by atoms with Crippen molar-refractivity contribution in [3.8, 4) is 0 Å². The Hall–Kier alpha value is -2.24. The first-order valence-electron chi connectivity index (χ1n) is 9.39. The summed E-state index contributed by atoms with van der Waals surface area (Å²) in [5.41, 5.74) is 1.17. The molecule has 26 heavy (non-hydrogen) atoms. The number of ketones is 1. The van der Waals surface area contributed by atoms with Gasteiger partial charge in [-0.05, 0) is 0 Å². The first-order valence-corrected chi connectivity index (χ1v) is 11.4. The van der Waals surface area contributed by atoms with Crippen LogP contribution in [0.4, 0.5) is 0 Å². The Balaban J connectivity index is 2.05. The Morgan fingerprint density at radius 1 is 0.538 bits per heavy atom. The van der Waals surface area contributed by atoms with E-state index in [1.165, 1.54) is 21.6 Å². The number of rotatable bonds is 4. The standard InChI is InChI=1S/C24H24OP/c25-23-18-10-11-19-24(23)26(20-12-4-1-5-13-20,21-14-6-2-7-15-21)22-16-8-3-9-17-22/h1-9,12-17,26H,10-11,18-19H2. The van der Waals surface area contributed by atoms with Crippen LogP contribution >= 0.6 is 7.26 Å². The minimum absolute atomic E-state index is 0.375. The third kappa shape index (κ3) is 2.91. The van der Waals surface area contributed by atoms with Crippen molar-refractivity contribution in [3.63, 3.8) is 0 Å². The molecule has 0 heterocycles. The molecule has 4 rings (SSSR count). The molecule has 1 saturated carbocycles. The second kappa shape index (κ2) is 7.56. The van der Waals surface area contributed by atoms with Gasteiger partial charge >= 0.3 is 156 Å². The number of hydrogen-bond acceptors (Lipinski definition) is 1. The Morgan fingerprint density at radius 2 is 0.923 bits per heavy atom. The quantitative estimate of drug-likeness (QED) is 0.632. The van der Waals surface area contributed by atoms with Crippen LogP contribution in [-0.2, 0) is 4.79 Å². The molecule has 0 aliphatic heterocycles. The first kappa shape index (κ1) is 17.2. The van der Waals surface area contributed by atoms with Gasteiger partial charge in [0.1, 0.15) is 0 Å². The van der Waals surface area contributed by atoms with Crippen LogP contribution < -0.4 is 15.9 Å². The molecule has 1 aliphatic rings. The van der Waals surface area contributed by atoms with E-state index in [-0.39, 0.29) is 0 Å². The van der Waals surface area contributed by atoms with E-state index in [1.54, 1.807) is 0 Å². The molecule has 1 radical (unpaired) electrons. The van der Waals surface area contributed by atoms with Crippen LogP contribution in [-0.4, -0.2) is 5.78 Å². The minimum atomic E-state index is -2.52. The van der Waals surface area contributed by atoms with Crippen LogP contribution in [0.3, 0.4) is 0 Å². The molecule has 1 nitrogen and oxygen atoms in total. The predicted molar refractivity (Wildman–Crippen MR) is 113 cm³/mol. The van der Waals surface area contributed by atoms with E-state index in [0.717, 1.165) is 19.3 Å². The summed E-state index contributed by atoms with van der Waals surface area (Å²) in [4.78, 5) is 13.2. The molecule has 0 saturated heterocycles. The molecular formula is C24H24OP. The molecule has 0 N–H and O–H groups in total. The van der Waals surface area contributed by atoms with Crippen molar-refractivity contribution in [1.82, 2.24) is 0 Å². The molecule has 0 amide bonds. The van der Waals surface area contributed by atoms with Gasteiger partial charge in [-0.3, -0.25) is 0 Å². The van der Waals surface area contributed by atoms with Gasteiger partial charge in [0.25, 0.3) is 0 Å². The van der Waals surface area contributed by atoms with E-state index < -0.39 is 7.26 Å². The predicted octanol–water partition coefficient (Wildman–Crippen LogP) is 4.39. The van der Waals surface area contributed by atoms with Crippen molar-refractivity contribution in [2.45, 2.75) is 25.7 Å². The van der Waals surface area contributed by atoms with Gasteiger partial charge in [0.05, 0.1) is 0 Å². The molecule has 1 aliphatic carbocycles. The van der Waals surface area contributed by atoms with E-state index >= 15 is 0 Å². The fourth-order valence-electron chi connectivity index (χ4n) is 4.36. The average molecular weight is 359 g/mol. The number of Topliss-reactive ketones (excluding diaryl/α,β-unsaturated/α-hetero) is 1. The van der Waals surface area contributed by atoms with Gasteiger partial charge < -0.3 is 0 Å². The number of carbonyl (C=O) groups is 1. The summed E-state index contributed by atoms with van der Waals surface area (Å²) < 4.78 is 0. The van der Waals surface area contributed by atoms with E-state index in [0.29, 0.717) is 12.2 Å². The zero-order valence-corrected chi connectivity index (χ0v) is 15.9. The molecule has 0 atom stereocenters. The van der Waals surface area contributed by atoms with Crippen LogP contribution in [0.25, 0.3) is 0 Å². The molecule has 1 fully saturated rings. The number of carbonyl (C=O) groups excluding carboxylic acids is 1. The molecule has 0 aromatic heterocycles. The summed E-state index contributed by atoms with van der Waals surface area (Å²) in [5, 5.41) is 3.92. The molecule has 0 spiro atoms. The summed E-state index contributed by atoms with van der Waals surface area (Å²) in [7, 11) is -2.52. The summed E-state index contributed by atoms with van der Waals surface area (Å²) in [6, 6.07) is 32.2. The summed E-state index contributed by atoms with van der Waals surface area (Å²) >= 11 is 0. The number of hydrogen-bond donors (Lipinski definition) is 0. The van der Waals surface area contributed by atoms with E-state index in [4.69, 9.17) is 0 Å². The van der Waals surface area contributed by atoms with E-state index in [2.05, 4.69) is 91.0 Å². The van der Waals surface area contributed by atoms with Crippen LogP contribution in [0.2, 0.25) is 0 Å². The first-order chi connectivity index (χ1) is 12.8. The fraction of sp³-hybridized carbons (Fsp3) is 0.167. The zero-order chi connectivity index (χ0) is 17.8. The summed E-state index contributed by atoms with van der Waals surface area (Å²) in [6.45, 7) is 0. The van der Waals surface area contributed by atoms with E-state index in [1.807, 2.05) is 0 Å². The van der Waals surface area contributed by atoms with Gasteiger partial charge in [-0.25, -0.2) is 0 Å². The third-order valence-corrected chi connectivity index (χ3v) is 10.5. The van der Waals surface area contributed by atoms with Crippen LogP contribution in [0.1, 0.15) is 25.7 Å². The Labute approximate surface area is 156 Å². The molecule has 3 aromatic carbocycles. The molecule has 3 aromatic rings. The van der Waals surface area contributed by atoms with Crippen molar-refractivity contribution in [1.29, 1.82) is 0 Å². The molecule has 0 unspecified atom stereocenters. The third-order valence-electron chi connectivity index (χ3n) is 5.49. The fourth-order valence-corrected chi connectivity index (χ4v) is 9.58. The average Bonchev–Trinajstić information content (AvgIpc) is 2.72. The van der Waals surface area contributed by atoms with Crippen LogP contribution in [0.15, 0.2) is 91.0 Å². The Morgan fingerprint density at radius 3 is 1.31 bits per heavy atom. The maximum absolute atomic E-state index is 13.2. The summed E-state index contributed by atoms with van der Waals surface area (Å²) in [6.07, 6.45) is 3.74. The molecular weight excluding hydrogens is 335 g/mol. The zero-order valence-electron chi connectivity index (χ0n) is 14.9. The van der Waals surface area contributed by atoms with Gasteiger partial charge in [0.15, 0.2) is 0 Å². The molecule has 2 heteroatoms. The second-order valence-corrected chi connectivity index (χ2v) is 10.8. The van der Waals surface area contributed by atoms with Crippen LogP contribution in [0, 0.1) is 5.66 Å². The van der Waals surface area contributed by atoms with Crippen molar-refractivity contribution >= 4 is 29.0 Å². The van der Waals surface area contributed by atoms with Crippen molar-refractivity contribution < 1.29 is 4.79 Å². The molecule has 131 valence electrons. The maximum atomic E-state index is 13.2. The van der Waals surface area contributed by atoms with Gasteiger partial charge in [-0.1, -0.05) is 0 Å². The van der Waals surface area contributed by atoms with Gasteiger partial charge in [0, 0.05) is 0 Å². The van der Waals surface area contributed by atoms with Crippen molar-refractivity contribution in [2.75, 3.05) is 0 Å². The topological polar surface area (TPSA) is 17.1 Å². The number of benzene rings is 3. The Kier molecular flexibility index (Phi) is 5.00. The monoisotopic (exact) mass is 359 g/mol. The SMILES string of the molecule is O=C1CCCC[C]1[PH](c1ccccc1)(c1ccccc1)c1ccccc1. The van der Waals surface area contributed by atoms with Crippen molar-refractivity contribution in [3.05, 3.63) is 96.7 Å².